The van der Waals surface area contributed by atoms with Crippen molar-refractivity contribution in [3.63, 3.8) is 0 Å². The highest BCUT2D eigenvalue weighted by Crippen LogP contribution is 2.17. The molecule has 0 saturated carbocycles. The normalized spacial score (nSPS) is 18.1. The third-order valence-corrected chi connectivity index (χ3v) is 4.65. The predicted octanol–water partition coefficient (Wildman–Crippen LogP) is 2.85. The Balaban J connectivity index is 1.51. The first-order valence-corrected chi connectivity index (χ1v) is 9.48. The van der Waals surface area contributed by atoms with Crippen molar-refractivity contribution in [3.8, 4) is 5.75 Å². The lowest BCUT2D eigenvalue weighted by Crippen LogP contribution is -2.39. The average Bonchev–Trinajstić information content (AvgIpc) is 3.36. The number of hydrogen-bond donors (Lipinski definition) is 1. The summed E-state index contributed by atoms with van der Waals surface area (Å²) in [5.74, 6) is 1.60. The fraction of sp³-hybridized carbons (Fsp3) is 0.524. The van der Waals surface area contributed by atoms with E-state index in [0.717, 1.165) is 44.0 Å². The van der Waals surface area contributed by atoms with Crippen LogP contribution in [0.4, 0.5) is 0 Å². The zero-order chi connectivity index (χ0) is 18.9. The molecule has 1 aliphatic heterocycles. The number of rotatable bonds is 11. The van der Waals surface area contributed by atoms with Gasteiger partial charge in [0, 0.05) is 26.2 Å². The first kappa shape index (κ1) is 19.9. The van der Waals surface area contributed by atoms with Gasteiger partial charge in [-0.1, -0.05) is 12.1 Å². The van der Waals surface area contributed by atoms with Gasteiger partial charge < -0.3 is 23.7 Å². The van der Waals surface area contributed by atoms with Gasteiger partial charge in [0.2, 0.25) is 0 Å². The molecule has 0 bridgehead atoms. The second kappa shape index (κ2) is 10.5. The maximum atomic E-state index is 10.4. The van der Waals surface area contributed by atoms with Crippen LogP contribution in [0.5, 0.6) is 5.75 Å². The van der Waals surface area contributed by atoms with Crippen molar-refractivity contribution in [3.05, 3.63) is 54.0 Å². The van der Waals surface area contributed by atoms with Gasteiger partial charge in [0.1, 0.15) is 18.1 Å². The standard InChI is InChI=1S/C21H29NO5/c1-24-19-8-6-17(7-9-19)12-22(14-20-4-2-10-26-20)13-18(23)15-25-16-21-5-3-11-27-21/h3,5-9,11,18,20,23H,2,4,10,12-16H2,1H3/t18-,20-/m1/s1. The third kappa shape index (κ3) is 6.66. The lowest BCUT2D eigenvalue weighted by Gasteiger charge is -2.27. The number of aliphatic hydroxyl groups is 1. The molecule has 2 aromatic rings. The maximum absolute atomic E-state index is 10.4. The molecular weight excluding hydrogens is 346 g/mol. The van der Waals surface area contributed by atoms with Gasteiger partial charge in [-0.3, -0.25) is 4.90 Å². The lowest BCUT2D eigenvalue weighted by molar-refractivity contribution is -0.00636. The van der Waals surface area contributed by atoms with Crippen LogP contribution in [-0.4, -0.2) is 55.6 Å². The van der Waals surface area contributed by atoms with Gasteiger partial charge in [-0.25, -0.2) is 0 Å². The molecule has 2 atom stereocenters. The molecule has 0 radical (unpaired) electrons. The van der Waals surface area contributed by atoms with Crippen molar-refractivity contribution in [2.75, 3.05) is 33.4 Å². The highest BCUT2D eigenvalue weighted by molar-refractivity contribution is 5.27. The summed E-state index contributed by atoms with van der Waals surface area (Å²) in [6.07, 6.45) is 3.46. The molecule has 0 aliphatic carbocycles. The molecule has 1 aliphatic rings. The topological polar surface area (TPSA) is 64.3 Å². The SMILES string of the molecule is COc1ccc(CN(C[C@@H](O)COCc2ccco2)C[C@H]2CCCO2)cc1. The van der Waals surface area contributed by atoms with E-state index in [2.05, 4.69) is 17.0 Å². The van der Waals surface area contributed by atoms with E-state index in [1.165, 1.54) is 5.56 Å². The summed E-state index contributed by atoms with van der Waals surface area (Å²) in [7, 11) is 1.66. The Morgan fingerprint density at radius 2 is 2.11 bits per heavy atom. The van der Waals surface area contributed by atoms with Crippen LogP contribution in [0.2, 0.25) is 0 Å². The minimum absolute atomic E-state index is 0.236. The van der Waals surface area contributed by atoms with E-state index in [1.807, 2.05) is 24.3 Å². The Kier molecular flexibility index (Phi) is 7.71. The number of methoxy groups -OCH3 is 1. The summed E-state index contributed by atoms with van der Waals surface area (Å²) in [5.41, 5.74) is 1.18. The molecule has 0 unspecified atom stereocenters. The van der Waals surface area contributed by atoms with E-state index in [0.29, 0.717) is 13.2 Å². The third-order valence-electron chi connectivity index (χ3n) is 4.65. The molecule has 148 valence electrons. The average molecular weight is 375 g/mol. The van der Waals surface area contributed by atoms with E-state index >= 15 is 0 Å². The summed E-state index contributed by atoms with van der Waals surface area (Å²) in [6, 6.07) is 11.7. The maximum Gasteiger partial charge on any atom is 0.129 e. The van der Waals surface area contributed by atoms with Gasteiger partial charge in [-0.15, -0.1) is 0 Å². The molecule has 1 aromatic carbocycles. The first-order valence-electron chi connectivity index (χ1n) is 9.48. The number of ether oxygens (including phenoxy) is 3. The number of nitrogens with zero attached hydrogens (tertiary/aromatic N) is 1. The highest BCUT2D eigenvalue weighted by atomic mass is 16.5. The lowest BCUT2D eigenvalue weighted by atomic mass is 10.1. The molecule has 6 nitrogen and oxygen atoms in total. The molecule has 1 fully saturated rings. The molecule has 1 saturated heterocycles. The fourth-order valence-corrected chi connectivity index (χ4v) is 3.31. The molecule has 2 heterocycles. The van der Waals surface area contributed by atoms with Crippen molar-refractivity contribution < 1.29 is 23.7 Å². The molecular formula is C21H29NO5. The Morgan fingerprint density at radius 1 is 1.26 bits per heavy atom. The minimum atomic E-state index is -0.570. The molecule has 1 aromatic heterocycles. The molecule has 3 rings (SSSR count). The largest absolute Gasteiger partial charge is 0.497 e. The predicted molar refractivity (Wildman–Crippen MR) is 102 cm³/mol. The zero-order valence-electron chi connectivity index (χ0n) is 15.9. The summed E-state index contributed by atoms with van der Waals surface area (Å²) < 4.78 is 21.8. The van der Waals surface area contributed by atoms with E-state index in [4.69, 9.17) is 18.6 Å². The molecule has 1 N–H and O–H groups in total. The van der Waals surface area contributed by atoms with Crippen molar-refractivity contribution in [2.45, 2.75) is 38.2 Å². The molecule has 0 spiro atoms. The Hall–Kier alpha value is -1.86. The van der Waals surface area contributed by atoms with Crippen molar-refractivity contribution in [1.82, 2.24) is 4.90 Å². The van der Waals surface area contributed by atoms with E-state index in [9.17, 15) is 5.11 Å². The molecule has 6 heteroatoms. The van der Waals surface area contributed by atoms with Gasteiger partial charge in [-0.05, 0) is 42.7 Å². The van der Waals surface area contributed by atoms with Gasteiger partial charge in [0.15, 0.2) is 0 Å². The van der Waals surface area contributed by atoms with Crippen LogP contribution in [0.3, 0.4) is 0 Å². The van der Waals surface area contributed by atoms with Crippen LogP contribution < -0.4 is 4.74 Å². The van der Waals surface area contributed by atoms with Crippen LogP contribution in [0.25, 0.3) is 0 Å². The van der Waals surface area contributed by atoms with Crippen LogP contribution in [-0.2, 0) is 22.6 Å². The van der Waals surface area contributed by atoms with Crippen LogP contribution in [0, 0.1) is 0 Å². The second-order valence-electron chi connectivity index (χ2n) is 6.93. The summed E-state index contributed by atoms with van der Waals surface area (Å²) in [4.78, 5) is 2.23. The number of hydrogen-bond acceptors (Lipinski definition) is 6. The number of benzene rings is 1. The zero-order valence-corrected chi connectivity index (χ0v) is 15.9. The van der Waals surface area contributed by atoms with Gasteiger partial charge in [0.05, 0.1) is 32.2 Å². The summed E-state index contributed by atoms with van der Waals surface area (Å²) in [5, 5.41) is 10.4. The van der Waals surface area contributed by atoms with Crippen molar-refractivity contribution in [2.24, 2.45) is 0 Å². The molecule has 27 heavy (non-hydrogen) atoms. The quantitative estimate of drug-likeness (QED) is 0.652. The second-order valence-corrected chi connectivity index (χ2v) is 6.93. The van der Waals surface area contributed by atoms with Crippen LogP contribution in [0.15, 0.2) is 47.1 Å². The Bertz CT molecular complexity index is 637. The Labute approximate surface area is 160 Å². The van der Waals surface area contributed by atoms with E-state index in [-0.39, 0.29) is 12.7 Å². The summed E-state index contributed by atoms with van der Waals surface area (Å²) in [6.45, 7) is 3.56. The first-order chi connectivity index (χ1) is 13.2. The smallest absolute Gasteiger partial charge is 0.129 e. The van der Waals surface area contributed by atoms with Crippen LogP contribution in [0.1, 0.15) is 24.2 Å². The van der Waals surface area contributed by atoms with Crippen molar-refractivity contribution in [1.29, 1.82) is 0 Å². The van der Waals surface area contributed by atoms with Gasteiger partial charge in [0.25, 0.3) is 0 Å². The van der Waals surface area contributed by atoms with Gasteiger partial charge >= 0.3 is 0 Å². The van der Waals surface area contributed by atoms with Gasteiger partial charge in [-0.2, -0.15) is 0 Å². The van der Waals surface area contributed by atoms with E-state index < -0.39 is 6.10 Å². The van der Waals surface area contributed by atoms with Crippen molar-refractivity contribution >= 4 is 0 Å². The highest BCUT2D eigenvalue weighted by Gasteiger charge is 2.21. The van der Waals surface area contributed by atoms with E-state index in [1.54, 1.807) is 13.4 Å². The Morgan fingerprint density at radius 3 is 2.78 bits per heavy atom. The minimum Gasteiger partial charge on any atom is -0.497 e. The molecule has 0 amide bonds. The summed E-state index contributed by atoms with van der Waals surface area (Å²) >= 11 is 0. The van der Waals surface area contributed by atoms with Crippen LogP contribution >= 0.6 is 0 Å². The number of furan rings is 1. The number of aliphatic hydroxyl groups excluding tert-OH is 1. The monoisotopic (exact) mass is 375 g/mol. The fourth-order valence-electron chi connectivity index (χ4n) is 3.31.